The van der Waals surface area contributed by atoms with Crippen LogP contribution < -0.4 is 5.32 Å². The van der Waals surface area contributed by atoms with Crippen molar-refractivity contribution >= 4 is 24.2 Å². The van der Waals surface area contributed by atoms with Gasteiger partial charge >= 0.3 is 0 Å². The zero-order valence-electron chi connectivity index (χ0n) is 13.3. The van der Waals surface area contributed by atoms with E-state index in [-0.39, 0.29) is 30.8 Å². The van der Waals surface area contributed by atoms with Crippen LogP contribution in [-0.4, -0.2) is 87.3 Å². The second kappa shape index (κ2) is 8.67. The van der Waals surface area contributed by atoms with Gasteiger partial charge in [-0.2, -0.15) is 0 Å². The van der Waals surface area contributed by atoms with Gasteiger partial charge in [0.2, 0.25) is 5.91 Å². The molecule has 22 heavy (non-hydrogen) atoms. The van der Waals surface area contributed by atoms with Crippen LogP contribution in [0.2, 0.25) is 0 Å². The molecule has 0 aromatic heterocycles. The zero-order chi connectivity index (χ0) is 15.3. The highest BCUT2D eigenvalue weighted by Gasteiger charge is 2.43. The van der Waals surface area contributed by atoms with Crippen molar-refractivity contribution in [2.75, 3.05) is 60.1 Å². The lowest BCUT2D eigenvalue weighted by Gasteiger charge is -2.42. The number of amides is 2. The third-order valence-corrected chi connectivity index (χ3v) is 4.38. The number of nitrogens with zero attached hydrogens (tertiary/aromatic N) is 2. The minimum absolute atomic E-state index is 0. The predicted octanol–water partition coefficient (Wildman–Crippen LogP) is -0.506. The van der Waals surface area contributed by atoms with Gasteiger partial charge in [-0.25, -0.2) is 0 Å². The van der Waals surface area contributed by atoms with Gasteiger partial charge < -0.3 is 24.6 Å². The van der Waals surface area contributed by atoms with Crippen molar-refractivity contribution in [2.24, 2.45) is 0 Å². The molecule has 0 radical (unpaired) electrons. The van der Waals surface area contributed by atoms with Crippen LogP contribution in [0, 0.1) is 0 Å². The third-order valence-electron chi connectivity index (χ3n) is 4.38. The average Bonchev–Trinajstić information content (AvgIpc) is 2.55. The van der Waals surface area contributed by atoms with E-state index in [0.717, 1.165) is 13.1 Å². The van der Waals surface area contributed by atoms with E-state index in [2.05, 4.69) is 5.32 Å². The summed E-state index contributed by atoms with van der Waals surface area (Å²) in [7, 11) is 3.12. The largest absolute Gasteiger partial charge is 0.375 e. The van der Waals surface area contributed by atoms with Gasteiger partial charge in [-0.15, -0.1) is 12.4 Å². The number of methoxy groups -OCH3 is 2. The maximum Gasteiger partial charge on any atom is 0.255 e. The van der Waals surface area contributed by atoms with Crippen LogP contribution in [0.3, 0.4) is 0 Å². The Kier molecular flexibility index (Phi) is 7.55. The summed E-state index contributed by atoms with van der Waals surface area (Å²) in [6.07, 6.45) is 1.40. The molecule has 0 atom stereocenters. The molecule has 0 aromatic carbocycles. The molecular formula is C14H26ClN3O4. The van der Waals surface area contributed by atoms with Crippen LogP contribution in [0.4, 0.5) is 0 Å². The third kappa shape index (κ3) is 4.10. The van der Waals surface area contributed by atoms with E-state index in [1.54, 1.807) is 12.0 Å². The number of hydrogen-bond donors (Lipinski definition) is 1. The van der Waals surface area contributed by atoms with Gasteiger partial charge in [0, 0.05) is 40.4 Å². The molecule has 2 fully saturated rings. The molecule has 2 saturated heterocycles. The number of halogens is 1. The van der Waals surface area contributed by atoms with E-state index in [1.165, 1.54) is 7.11 Å². The molecule has 1 N–H and O–H groups in total. The molecule has 0 unspecified atom stereocenters. The zero-order valence-corrected chi connectivity index (χ0v) is 14.1. The van der Waals surface area contributed by atoms with E-state index in [1.807, 2.05) is 4.90 Å². The van der Waals surface area contributed by atoms with E-state index in [0.29, 0.717) is 39.0 Å². The van der Waals surface area contributed by atoms with Crippen LogP contribution in [0.5, 0.6) is 0 Å². The second-order valence-corrected chi connectivity index (χ2v) is 5.55. The summed E-state index contributed by atoms with van der Waals surface area (Å²) in [5.41, 5.74) is -0.691. The van der Waals surface area contributed by atoms with Crippen molar-refractivity contribution in [2.45, 2.75) is 18.4 Å². The summed E-state index contributed by atoms with van der Waals surface area (Å²) >= 11 is 0. The standard InChI is InChI=1S/C14H25N3O4.ClH/c1-20-11-12(18)16-7-9-17(10-8-16)13(19)14(21-2)3-5-15-6-4-14;/h15H,3-11H2,1-2H3;1H. The Morgan fingerprint density at radius 1 is 1.05 bits per heavy atom. The molecule has 0 spiro atoms. The summed E-state index contributed by atoms with van der Waals surface area (Å²) in [5, 5.41) is 3.25. The van der Waals surface area contributed by atoms with E-state index >= 15 is 0 Å². The number of ether oxygens (including phenoxy) is 2. The Bertz CT molecular complexity index is 380. The monoisotopic (exact) mass is 335 g/mol. The van der Waals surface area contributed by atoms with Crippen molar-refractivity contribution in [1.82, 2.24) is 15.1 Å². The number of carbonyl (C=O) groups is 2. The highest BCUT2D eigenvalue weighted by molar-refractivity contribution is 5.86. The quantitative estimate of drug-likeness (QED) is 0.749. The fraction of sp³-hybridized carbons (Fsp3) is 0.857. The molecule has 0 saturated carbocycles. The van der Waals surface area contributed by atoms with Gasteiger partial charge in [0.15, 0.2) is 0 Å². The fourth-order valence-electron chi connectivity index (χ4n) is 3.00. The molecule has 2 amide bonds. The van der Waals surface area contributed by atoms with Crippen LogP contribution in [0.15, 0.2) is 0 Å². The highest BCUT2D eigenvalue weighted by atomic mass is 35.5. The van der Waals surface area contributed by atoms with Crippen molar-refractivity contribution < 1.29 is 19.1 Å². The van der Waals surface area contributed by atoms with Gasteiger partial charge in [0.05, 0.1) is 0 Å². The van der Waals surface area contributed by atoms with Gasteiger partial charge in [-0.05, 0) is 25.9 Å². The smallest absolute Gasteiger partial charge is 0.255 e. The van der Waals surface area contributed by atoms with Crippen LogP contribution >= 0.6 is 12.4 Å². The maximum atomic E-state index is 12.8. The van der Waals surface area contributed by atoms with Crippen molar-refractivity contribution in [3.8, 4) is 0 Å². The number of piperidine rings is 1. The predicted molar refractivity (Wildman–Crippen MR) is 84.1 cm³/mol. The maximum absolute atomic E-state index is 12.8. The molecular weight excluding hydrogens is 310 g/mol. The number of rotatable bonds is 4. The molecule has 2 aliphatic rings. The Morgan fingerprint density at radius 2 is 1.59 bits per heavy atom. The van der Waals surface area contributed by atoms with Crippen molar-refractivity contribution in [3.63, 3.8) is 0 Å². The lowest BCUT2D eigenvalue weighted by Crippen LogP contribution is -2.59. The number of hydrogen-bond acceptors (Lipinski definition) is 5. The number of piperazine rings is 1. The molecule has 2 aliphatic heterocycles. The normalized spacial score (nSPS) is 21.2. The summed E-state index contributed by atoms with van der Waals surface area (Å²) in [6.45, 7) is 3.94. The molecule has 2 heterocycles. The summed E-state index contributed by atoms with van der Waals surface area (Å²) in [4.78, 5) is 28.1. The van der Waals surface area contributed by atoms with Crippen LogP contribution in [0.1, 0.15) is 12.8 Å². The number of nitrogens with one attached hydrogen (secondary N) is 1. The van der Waals surface area contributed by atoms with Crippen LogP contribution in [-0.2, 0) is 19.1 Å². The second-order valence-electron chi connectivity index (χ2n) is 5.55. The molecule has 2 rings (SSSR count). The highest BCUT2D eigenvalue weighted by Crippen LogP contribution is 2.25. The first kappa shape index (κ1) is 19.2. The minimum Gasteiger partial charge on any atom is -0.375 e. The topological polar surface area (TPSA) is 71.1 Å². The molecule has 128 valence electrons. The minimum atomic E-state index is -0.691. The molecule has 0 aliphatic carbocycles. The average molecular weight is 336 g/mol. The van der Waals surface area contributed by atoms with Gasteiger partial charge in [-0.1, -0.05) is 0 Å². The fourth-order valence-corrected chi connectivity index (χ4v) is 3.00. The van der Waals surface area contributed by atoms with Gasteiger partial charge in [0.25, 0.3) is 5.91 Å². The summed E-state index contributed by atoms with van der Waals surface area (Å²) in [6, 6.07) is 0. The van der Waals surface area contributed by atoms with E-state index in [9.17, 15) is 9.59 Å². The molecule has 7 nitrogen and oxygen atoms in total. The molecule has 8 heteroatoms. The Hall–Kier alpha value is -0.890. The lowest BCUT2D eigenvalue weighted by atomic mass is 9.90. The Balaban J connectivity index is 0.00000242. The SMILES string of the molecule is COCC(=O)N1CCN(C(=O)C2(OC)CCNCC2)CC1.Cl. The molecule has 0 bridgehead atoms. The summed E-state index contributed by atoms with van der Waals surface area (Å²) < 4.78 is 10.4. The Morgan fingerprint density at radius 3 is 2.09 bits per heavy atom. The summed E-state index contributed by atoms with van der Waals surface area (Å²) in [5.74, 6) is 0.0401. The van der Waals surface area contributed by atoms with E-state index < -0.39 is 5.60 Å². The van der Waals surface area contributed by atoms with Crippen LogP contribution in [0.25, 0.3) is 0 Å². The lowest BCUT2D eigenvalue weighted by molar-refractivity contribution is -0.161. The Labute approximate surface area is 137 Å². The molecule has 0 aromatic rings. The van der Waals surface area contributed by atoms with Crippen molar-refractivity contribution in [1.29, 1.82) is 0 Å². The first-order valence-corrected chi connectivity index (χ1v) is 7.45. The van der Waals surface area contributed by atoms with Gasteiger partial charge in [-0.3, -0.25) is 9.59 Å². The van der Waals surface area contributed by atoms with Gasteiger partial charge in [0.1, 0.15) is 12.2 Å². The first-order valence-electron chi connectivity index (χ1n) is 7.45. The number of carbonyl (C=O) groups excluding carboxylic acids is 2. The van der Waals surface area contributed by atoms with E-state index in [4.69, 9.17) is 9.47 Å². The van der Waals surface area contributed by atoms with Crippen molar-refractivity contribution in [3.05, 3.63) is 0 Å². The first-order chi connectivity index (χ1) is 10.1.